The third-order valence-electron chi connectivity index (χ3n) is 1.48. The Labute approximate surface area is 69.8 Å². The first-order valence-electron chi connectivity index (χ1n) is 3.96. The van der Waals surface area contributed by atoms with E-state index in [4.69, 9.17) is 6.42 Å². The van der Waals surface area contributed by atoms with Crippen molar-refractivity contribution in [1.82, 2.24) is 0 Å². The van der Waals surface area contributed by atoms with Gasteiger partial charge >= 0.3 is 0 Å². The Balaban J connectivity index is 2.72. The molecular weight excluding hydrogens is 140 g/mol. The number of thiol groups is 1. The molecule has 0 aliphatic rings. The minimum Gasteiger partial charge on any atom is -0.179 e. The van der Waals surface area contributed by atoms with Gasteiger partial charge in [-0.05, 0) is 18.6 Å². The van der Waals surface area contributed by atoms with Crippen LogP contribution < -0.4 is 0 Å². The molecule has 0 aromatic rings. The average molecular weight is 156 g/mol. The topological polar surface area (TPSA) is 0 Å². The minimum atomic E-state index is 0.945. The lowest BCUT2D eigenvalue weighted by molar-refractivity contribution is 0.644. The lowest BCUT2D eigenvalue weighted by Crippen LogP contribution is -1.79. The van der Waals surface area contributed by atoms with Gasteiger partial charge in [0.05, 0.1) is 0 Å². The van der Waals surface area contributed by atoms with Gasteiger partial charge in [-0.1, -0.05) is 19.3 Å². The second kappa shape index (κ2) is 8.91. The molecule has 0 saturated carbocycles. The molecule has 0 rings (SSSR count). The van der Waals surface area contributed by atoms with E-state index in [-0.39, 0.29) is 0 Å². The largest absolute Gasteiger partial charge is 0.179 e. The molecular formula is C9H16S. The predicted octanol–water partition coefficient (Wildman–Crippen LogP) is 2.89. The maximum Gasteiger partial charge on any atom is 0.00860 e. The lowest BCUT2D eigenvalue weighted by atomic mass is 10.1. The highest BCUT2D eigenvalue weighted by Crippen LogP contribution is 2.04. The zero-order valence-corrected chi connectivity index (χ0v) is 7.37. The van der Waals surface area contributed by atoms with E-state index >= 15 is 0 Å². The molecule has 0 spiro atoms. The second-order valence-corrected chi connectivity index (χ2v) is 2.89. The maximum absolute atomic E-state index is 5.11. The molecule has 0 heterocycles. The molecule has 10 heavy (non-hydrogen) atoms. The zero-order valence-electron chi connectivity index (χ0n) is 6.47. The molecule has 0 unspecified atom stereocenters. The van der Waals surface area contributed by atoms with Gasteiger partial charge in [0.1, 0.15) is 0 Å². The van der Waals surface area contributed by atoms with Gasteiger partial charge < -0.3 is 0 Å². The minimum absolute atomic E-state index is 0.945. The lowest BCUT2D eigenvalue weighted by Gasteiger charge is -1.95. The van der Waals surface area contributed by atoms with Crippen LogP contribution in [0.5, 0.6) is 0 Å². The van der Waals surface area contributed by atoms with E-state index in [1.807, 2.05) is 0 Å². The Morgan fingerprint density at radius 1 is 1.00 bits per heavy atom. The Morgan fingerprint density at radius 2 is 1.60 bits per heavy atom. The fourth-order valence-corrected chi connectivity index (χ4v) is 1.09. The molecule has 0 aliphatic heterocycles. The maximum atomic E-state index is 5.11. The van der Waals surface area contributed by atoms with Crippen molar-refractivity contribution in [2.45, 2.75) is 38.5 Å². The van der Waals surface area contributed by atoms with Crippen molar-refractivity contribution in [1.29, 1.82) is 0 Å². The van der Waals surface area contributed by atoms with Crippen LogP contribution in [0, 0.1) is 12.3 Å². The molecule has 0 aromatic heterocycles. The fraction of sp³-hybridized carbons (Fsp3) is 0.778. The first kappa shape index (κ1) is 9.91. The molecule has 0 bridgehead atoms. The summed E-state index contributed by atoms with van der Waals surface area (Å²) in [7, 11) is 0. The summed E-state index contributed by atoms with van der Waals surface area (Å²) >= 11 is 4.13. The number of rotatable bonds is 6. The van der Waals surface area contributed by atoms with E-state index in [0.29, 0.717) is 0 Å². The van der Waals surface area contributed by atoms with Gasteiger partial charge in [0, 0.05) is 6.42 Å². The predicted molar refractivity (Wildman–Crippen MR) is 50.4 cm³/mol. The highest BCUT2D eigenvalue weighted by atomic mass is 32.1. The summed E-state index contributed by atoms with van der Waals surface area (Å²) in [5.41, 5.74) is 0. The molecule has 0 fully saturated rings. The summed E-state index contributed by atoms with van der Waals surface area (Å²) in [6.45, 7) is 0. The Morgan fingerprint density at radius 3 is 2.20 bits per heavy atom. The van der Waals surface area contributed by atoms with Gasteiger partial charge in [0.15, 0.2) is 0 Å². The van der Waals surface area contributed by atoms with Crippen molar-refractivity contribution in [2.24, 2.45) is 0 Å². The van der Waals surface area contributed by atoms with Gasteiger partial charge in [-0.15, -0.1) is 12.3 Å². The van der Waals surface area contributed by atoms with Crippen LogP contribution in [0.15, 0.2) is 0 Å². The van der Waals surface area contributed by atoms with Crippen LogP contribution in [0.1, 0.15) is 38.5 Å². The van der Waals surface area contributed by atoms with Gasteiger partial charge in [0.2, 0.25) is 0 Å². The first-order valence-corrected chi connectivity index (χ1v) is 4.59. The van der Waals surface area contributed by atoms with Crippen LogP contribution in [-0.2, 0) is 0 Å². The molecule has 0 nitrogen and oxygen atoms in total. The SMILES string of the molecule is C#CCCCCCCCS. The van der Waals surface area contributed by atoms with E-state index in [2.05, 4.69) is 18.5 Å². The van der Waals surface area contributed by atoms with E-state index in [0.717, 1.165) is 12.2 Å². The van der Waals surface area contributed by atoms with Crippen molar-refractivity contribution >= 4 is 12.6 Å². The monoisotopic (exact) mass is 156 g/mol. The van der Waals surface area contributed by atoms with Crippen molar-refractivity contribution in [3.63, 3.8) is 0 Å². The van der Waals surface area contributed by atoms with Gasteiger partial charge in [-0.2, -0.15) is 12.6 Å². The summed E-state index contributed by atoms with van der Waals surface area (Å²) < 4.78 is 0. The summed E-state index contributed by atoms with van der Waals surface area (Å²) in [6, 6.07) is 0. The van der Waals surface area contributed by atoms with Crippen molar-refractivity contribution in [3.05, 3.63) is 0 Å². The molecule has 0 amide bonds. The molecule has 0 aliphatic carbocycles. The van der Waals surface area contributed by atoms with Crippen LogP contribution >= 0.6 is 12.6 Å². The van der Waals surface area contributed by atoms with E-state index < -0.39 is 0 Å². The summed E-state index contributed by atoms with van der Waals surface area (Å²) in [6.07, 6.45) is 12.4. The molecule has 1 heteroatoms. The van der Waals surface area contributed by atoms with Crippen molar-refractivity contribution in [2.75, 3.05) is 5.75 Å². The third kappa shape index (κ3) is 7.91. The van der Waals surface area contributed by atoms with Crippen LogP contribution in [0.3, 0.4) is 0 Å². The smallest absolute Gasteiger partial charge is 0.00860 e. The number of hydrogen-bond acceptors (Lipinski definition) is 1. The Hall–Kier alpha value is -0.0900. The normalized spacial score (nSPS) is 9.20. The van der Waals surface area contributed by atoms with Gasteiger partial charge in [0.25, 0.3) is 0 Å². The highest BCUT2D eigenvalue weighted by molar-refractivity contribution is 7.80. The van der Waals surface area contributed by atoms with Crippen LogP contribution in [0.4, 0.5) is 0 Å². The highest BCUT2D eigenvalue weighted by Gasteiger charge is 1.87. The average Bonchev–Trinajstić information content (AvgIpc) is 1.97. The molecule has 0 N–H and O–H groups in total. The number of terminal acetylenes is 1. The van der Waals surface area contributed by atoms with Crippen molar-refractivity contribution in [3.8, 4) is 12.3 Å². The molecule has 58 valence electrons. The number of unbranched alkanes of at least 4 members (excludes halogenated alkanes) is 5. The van der Waals surface area contributed by atoms with E-state index in [9.17, 15) is 0 Å². The van der Waals surface area contributed by atoms with Crippen LogP contribution in [0.25, 0.3) is 0 Å². The first-order chi connectivity index (χ1) is 4.91. The number of hydrogen-bond donors (Lipinski definition) is 1. The zero-order chi connectivity index (χ0) is 7.66. The summed E-state index contributed by atoms with van der Waals surface area (Å²) in [5, 5.41) is 0. The summed E-state index contributed by atoms with van der Waals surface area (Å²) in [4.78, 5) is 0. The quantitative estimate of drug-likeness (QED) is 0.341. The molecule has 0 aromatic carbocycles. The van der Waals surface area contributed by atoms with Gasteiger partial charge in [-0.3, -0.25) is 0 Å². The molecule has 0 saturated heterocycles. The summed E-state index contributed by atoms with van der Waals surface area (Å²) in [5.74, 6) is 3.67. The van der Waals surface area contributed by atoms with Crippen molar-refractivity contribution < 1.29 is 0 Å². The van der Waals surface area contributed by atoms with Gasteiger partial charge in [-0.25, -0.2) is 0 Å². The Kier molecular flexibility index (Phi) is 8.83. The standard InChI is InChI=1S/C9H16S/c1-2-3-4-5-6-7-8-9-10/h1,10H,3-9H2. The fourth-order valence-electron chi connectivity index (χ4n) is 0.869. The second-order valence-electron chi connectivity index (χ2n) is 2.45. The van der Waals surface area contributed by atoms with Crippen LogP contribution in [-0.4, -0.2) is 5.75 Å². The van der Waals surface area contributed by atoms with Crippen LogP contribution in [0.2, 0.25) is 0 Å². The van der Waals surface area contributed by atoms with E-state index in [1.54, 1.807) is 0 Å². The third-order valence-corrected chi connectivity index (χ3v) is 1.80. The molecule has 0 radical (unpaired) electrons. The molecule has 0 atom stereocenters. The Bertz CT molecular complexity index is 91.4. The van der Waals surface area contributed by atoms with E-state index in [1.165, 1.54) is 32.1 Å².